The zero-order chi connectivity index (χ0) is 18.8. The fraction of sp³-hybridized carbons (Fsp3) is 0.167. The number of hydrogen-bond acceptors (Lipinski definition) is 5. The van der Waals surface area contributed by atoms with Crippen molar-refractivity contribution in [3.8, 4) is 5.75 Å². The number of halogens is 1. The molecule has 2 aromatic carbocycles. The highest BCUT2D eigenvalue weighted by Gasteiger charge is 2.18. The Morgan fingerprint density at radius 2 is 2.08 bits per heavy atom. The Labute approximate surface area is 153 Å². The van der Waals surface area contributed by atoms with Crippen LogP contribution in [0.15, 0.2) is 34.9 Å². The number of hydrogen-bond donors (Lipinski definition) is 2. The molecule has 3 aromatic rings. The summed E-state index contributed by atoms with van der Waals surface area (Å²) in [5, 5.41) is 16.6. The molecule has 1 heterocycles. The van der Waals surface area contributed by atoms with Gasteiger partial charge in [-0.15, -0.1) is 0 Å². The van der Waals surface area contributed by atoms with Gasteiger partial charge >= 0.3 is 5.97 Å². The minimum absolute atomic E-state index is 0.0181. The third-order valence-electron chi connectivity index (χ3n) is 3.82. The molecule has 0 radical (unpaired) electrons. The first-order valence-electron chi connectivity index (χ1n) is 7.64. The van der Waals surface area contributed by atoms with Gasteiger partial charge in [-0.1, -0.05) is 28.4 Å². The Bertz CT molecular complexity index is 1010. The predicted octanol–water partition coefficient (Wildman–Crippen LogP) is 3.68. The minimum atomic E-state index is -1.17. The van der Waals surface area contributed by atoms with Crippen LogP contribution in [0.5, 0.6) is 5.75 Å². The maximum Gasteiger partial charge on any atom is 0.339 e. The molecule has 0 saturated carbocycles. The highest BCUT2D eigenvalue weighted by atomic mass is 35.5. The molecule has 134 valence electrons. The summed E-state index contributed by atoms with van der Waals surface area (Å²) in [6.07, 6.45) is -0.0181. The van der Waals surface area contributed by atoms with Crippen molar-refractivity contribution in [2.75, 3.05) is 12.4 Å². The fourth-order valence-electron chi connectivity index (χ4n) is 2.56. The van der Waals surface area contributed by atoms with Crippen molar-refractivity contribution in [3.05, 3.63) is 52.2 Å². The molecule has 2 N–H and O–H groups in total. The first kappa shape index (κ1) is 17.8. The van der Waals surface area contributed by atoms with Crippen LogP contribution in [-0.4, -0.2) is 29.2 Å². The van der Waals surface area contributed by atoms with E-state index in [0.29, 0.717) is 11.3 Å². The molecule has 7 nitrogen and oxygen atoms in total. The van der Waals surface area contributed by atoms with E-state index in [9.17, 15) is 9.59 Å². The van der Waals surface area contributed by atoms with Crippen LogP contribution in [-0.2, 0) is 11.2 Å². The number of aromatic carboxylic acids is 1. The number of carbonyl (C=O) groups is 2. The summed E-state index contributed by atoms with van der Waals surface area (Å²) in [5.41, 5.74) is 2.30. The van der Waals surface area contributed by atoms with Crippen LogP contribution >= 0.6 is 11.6 Å². The molecule has 8 heteroatoms. The molecule has 0 aliphatic heterocycles. The second kappa shape index (κ2) is 7.05. The van der Waals surface area contributed by atoms with E-state index in [4.69, 9.17) is 26.0 Å². The van der Waals surface area contributed by atoms with Crippen molar-refractivity contribution in [1.29, 1.82) is 0 Å². The molecule has 0 atom stereocenters. The lowest BCUT2D eigenvalue weighted by Crippen LogP contribution is -2.15. The van der Waals surface area contributed by atoms with Gasteiger partial charge in [0.05, 0.1) is 24.2 Å². The van der Waals surface area contributed by atoms with Gasteiger partial charge in [-0.25, -0.2) is 4.79 Å². The monoisotopic (exact) mass is 374 g/mol. The van der Waals surface area contributed by atoms with Crippen molar-refractivity contribution in [1.82, 2.24) is 5.16 Å². The van der Waals surface area contributed by atoms with Crippen LogP contribution in [0.4, 0.5) is 5.69 Å². The molecule has 0 bridgehead atoms. The second-order valence-electron chi connectivity index (χ2n) is 5.69. The normalized spacial score (nSPS) is 10.7. The summed E-state index contributed by atoms with van der Waals surface area (Å²) in [6.45, 7) is 1.94. The number of aromatic nitrogens is 1. The Morgan fingerprint density at radius 1 is 1.31 bits per heavy atom. The zero-order valence-corrected chi connectivity index (χ0v) is 14.8. The van der Waals surface area contributed by atoms with E-state index in [1.807, 2.05) is 19.1 Å². The lowest BCUT2D eigenvalue weighted by molar-refractivity contribution is -0.115. The SMILES string of the molecule is COc1cc(NC(=O)Cc2noc3ccc(C)cc23)c(Cl)cc1C(=O)O. The molecule has 0 unspecified atom stereocenters. The molecule has 1 amide bonds. The van der Waals surface area contributed by atoms with E-state index in [1.54, 1.807) is 6.07 Å². The van der Waals surface area contributed by atoms with Crippen LogP contribution in [0.25, 0.3) is 11.0 Å². The van der Waals surface area contributed by atoms with E-state index in [0.717, 1.165) is 10.9 Å². The molecule has 0 saturated heterocycles. The standard InChI is InChI=1S/C18H15ClN2O5/c1-9-3-4-15-10(5-9)13(21-26-15)8-17(22)20-14-7-16(25-2)11(18(23)24)6-12(14)19/h3-7H,8H2,1-2H3,(H,20,22)(H,23,24). The Balaban J connectivity index is 1.83. The molecule has 3 rings (SSSR count). The number of nitrogens with zero attached hydrogens (tertiary/aromatic N) is 1. The highest BCUT2D eigenvalue weighted by molar-refractivity contribution is 6.34. The first-order valence-corrected chi connectivity index (χ1v) is 8.02. The third-order valence-corrected chi connectivity index (χ3v) is 4.13. The Hall–Kier alpha value is -3.06. The van der Waals surface area contributed by atoms with E-state index >= 15 is 0 Å². The number of methoxy groups -OCH3 is 1. The summed E-state index contributed by atoms with van der Waals surface area (Å²) in [5.74, 6) is -1.44. The summed E-state index contributed by atoms with van der Waals surface area (Å²) in [7, 11) is 1.34. The quantitative estimate of drug-likeness (QED) is 0.706. The number of carboxylic acids is 1. The average Bonchev–Trinajstić information content (AvgIpc) is 2.98. The smallest absolute Gasteiger partial charge is 0.339 e. The van der Waals surface area contributed by atoms with E-state index in [2.05, 4.69) is 10.5 Å². The molecule has 1 aromatic heterocycles. The molecule has 26 heavy (non-hydrogen) atoms. The molecule has 0 fully saturated rings. The number of carboxylic acid groups (broad SMARTS) is 1. The van der Waals surface area contributed by atoms with E-state index < -0.39 is 5.97 Å². The van der Waals surface area contributed by atoms with Gasteiger partial charge in [-0.2, -0.15) is 0 Å². The zero-order valence-electron chi connectivity index (χ0n) is 14.0. The van der Waals surface area contributed by atoms with Gasteiger partial charge in [0.25, 0.3) is 0 Å². The van der Waals surface area contributed by atoms with E-state index in [-0.39, 0.29) is 34.4 Å². The van der Waals surface area contributed by atoms with Gasteiger partial charge in [0.1, 0.15) is 17.0 Å². The summed E-state index contributed by atoms with van der Waals surface area (Å²) in [4.78, 5) is 23.6. The maximum atomic E-state index is 12.4. The first-order chi connectivity index (χ1) is 12.4. The number of aryl methyl sites for hydroxylation is 1. The number of nitrogens with one attached hydrogen (secondary N) is 1. The molecule has 0 aliphatic rings. The van der Waals surface area contributed by atoms with Gasteiger partial charge < -0.3 is 19.7 Å². The van der Waals surface area contributed by atoms with Crippen molar-refractivity contribution < 1.29 is 24.0 Å². The number of carbonyl (C=O) groups excluding carboxylic acids is 1. The lowest BCUT2D eigenvalue weighted by atomic mass is 10.1. The number of anilines is 1. The summed E-state index contributed by atoms with van der Waals surface area (Å²) >= 11 is 6.08. The topological polar surface area (TPSA) is 102 Å². The van der Waals surface area contributed by atoms with Crippen LogP contribution in [0.2, 0.25) is 5.02 Å². The van der Waals surface area contributed by atoms with E-state index in [1.165, 1.54) is 19.2 Å². The maximum absolute atomic E-state index is 12.4. The average molecular weight is 375 g/mol. The van der Waals surface area contributed by atoms with Crippen molar-refractivity contribution >= 4 is 40.1 Å². The predicted molar refractivity (Wildman–Crippen MR) is 96.0 cm³/mol. The fourth-order valence-corrected chi connectivity index (χ4v) is 2.77. The number of amides is 1. The van der Waals surface area contributed by atoms with Crippen LogP contribution in [0.1, 0.15) is 21.6 Å². The number of rotatable bonds is 5. The minimum Gasteiger partial charge on any atom is -0.496 e. The van der Waals surface area contributed by atoms with Crippen LogP contribution < -0.4 is 10.1 Å². The molecular weight excluding hydrogens is 360 g/mol. The third kappa shape index (κ3) is 3.48. The Kier molecular flexibility index (Phi) is 4.81. The van der Waals surface area contributed by atoms with Gasteiger partial charge in [0.15, 0.2) is 5.58 Å². The molecule has 0 aliphatic carbocycles. The number of ether oxygens (including phenoxy) is 1. The summed E-state index contributed by atoms with van der Waals surface area (Å²) < 4.78 is 10.3. The molecule has 0 spiro atoms. The summed E-state index contributed by atoms with van der Waals surface area (Å²) in [6, 6.07) is 8.19. The second-order valence-corrected chi connectivity index (χ2v) is 6.10. The van der Waals surface area contributed by atoms with Crippen LogP contribution in [0, 0.1) is 6.92 Å². The lowest BCUT2D eigenvalue weighted by Gasteiger charge is -2.11. The van der Waals surface area contributed by atoms with Crippen LogP contribution in [0.3, 0.4) is 0 Å². The highest BCUT2D eigenvalue weighted by Crippen LogP contribution is 2.31. The van der Waals surface area contributed by atoms with Gasteiger partial charge in [0.2, 0.25) is 5.91 Å². The van der Waals surface area contributed by atoms with Gasteiger partial charge in [0, 0.05) is 11.5 Å². The number of benzene rings is 2. The molecular formula is C18H15ClN2O5. The Morgan fingerprint density at radius 3 is 2.77 bits per heavy atom. The van der Waals surface area contributed by atoms with Crippen molar-refractivity contribution in [3.63, 3.8) is 0 Å². The van der Waals surface area contributed by atoms with Crippen molar-refractivity contribution in [2.45, 2.75) is 13.3 Å². The number of fused-ring (bicyclic) bond motifs is 1. The van der Waals surface area contributed by atoms with Gasteiger partial charge in [-0.3, -0.25) is 4.79 Å². The van der Waals surface area contributed by atoms with Crippen molar-refractivity contribution in [2.24, 2.45) is 0 Å². The largest absolute Gasteiger partial charge is 0.496 e. The van der Waals surface area contributed by atoms with Gasteiger partial charge in [-0.05, 0) is 25.1 Å².